The molecule has 0 radical (unpaired) electrons. The van der Waals surface area contributed by atoms with Crippen LogP contribution >= 0.6 is 11.6 Å². The molecule has 0 aromatic heterocycles. The lowest BCUT2D eigenvalue weighted by Crippen LogP contribution is -2.29. The number of carbonyl (C=O) groups excluding carboxylic acids is 2. The number of halogens is 1. The van der Waals surface area contributed by atoms with E-state index in [1.165, 1.54) is 4.90 Å². The van der Waals surface area contributed by atoms with Gasteiger partial charge in [-0.3, -0.25) is 14.5 Å². The number of anilines is 1. The second kappa shape index (κ2) is 4.90. The van der Waals surface area contributed by atoms with Gasteiger partial charge in [0.2, 0.25) is 0 Å². The molecule has 3 rings (SSSR count). The second-order valence-electron chi connectivity index (χ2n) is 5.02. The molecule has 0 aliphatic carbocycles. The monoisotopic (exact) mass is 300 g/mol. The van der Waals surface area contributed by atoms with Gasteiger partial charge in [-0.1, -0.05) is 41.9 Å². The van der Waals surface area contributed by atoms with Crippen molar-refractivity contribution in [2.24, 2.45) is 0 Å². The minimum absolute atomic E-state index is 0.172. The highest BCUT2D eigenvalue weighted by molar-refractivity contribution is 6.36. The smallest absolute Gasteiger partial charge is 0.264 e. The van der Waals surface area contributed by atoms with Crippen molar-refractivity contribution in [2.75, 3.05) is 5.73 Å². The number of carbonyl (C=O) groups is 2. The van der Waals surface area contributed by atoms with Gasteiger partial charge in [0.05, 0.1) is 28.4 Å². The van der Waals surface area contributed by atoms with Crippen molar-refractivity contribution in [3.05, 3.63) is 63.7 Å². The number of fused-ring (bicyclic) bond motifs is 1. The summed E-state index contributed by atoms with van der Waals surface area (Å²) in [7, 11) is 0. The number of nitrogens with zero attached hydrogens (tertiary/aromatic N) is 1. The van der Waals surface area contributed by atoms with Crippen molar-refractivity contribution in [3.63, 3.8) is 0 Å². The lowest BCUT2D eigenvalue weighted by atomic mass is 10.0. The molecule has 21 heavy (non-hydrogen) atoms. The van der Waals surface area contributed by atoms with Crippen LogP contribution in [0.3, 0.4) is 0 Å². The molecular weight excluding hydrogens is 288 g/mol. The molecule has 1 aliphatic heterocycles. The molecule has 0 atom stereocenters. The molecule has 2 aromatic carbocycles. The zero-order valence-corrected chi connectivity index (χ0v) is 12.1. The number of amides is 2. The quantitative estimate of drug-likeness (QED) is 0.685. The molecule has 0 fully saturated rings. The molecule has 2 amide bonds. The third-order valence-electron chi connectivity index (χ3n) is 3.62. The summed E-state index contributed by atoms with van der Waals surface area (Å²) < 4.78 is 0. The predicted octanol–water partition coefficient (Wildman–Crippen LogP) is 3.03. The highest BCUT2D eigenvalue weighted by Gasteiger charge is 2.39. The summed E-state index contributed by atoms with van der Waals surface area (Å²) in [6.07, 6.45) is 0. The molecule has 2 aromatic rings. The summed E-state index contributed by atoms with van der Waals surface area (Å²) in [6, 6.07) is 11.0. The maximum Gasteiger partial charge on any atom is 0.264 e. The first kappa shape index (κ1) is 13.6. The zero-order valence-electron chi connectivity index (χ0n) is 11.4. The van der Waals surface area contributed by atoms with Crippen molar-refractivity contribution >= 4 is 29.1 Å². The first-order chi connectivity index (χ1) is 10.0. The first-order valence-corrected chi connectivity index (χ1v) is 6.87. The average molecular weight is 301 g/mol. The normalized spacial score (nSPS) is 13.7. The van der Waals surface area contributed by atoms with Crippen LogP contribution in [0.1, 0.15) is 31.8 Å². The van der Waals surface area contributed by atoms with Gasteiger partial charge in [0.1, 0.15) is 0 Å². The van der Waals surface area contributed by atoms with Crippen LogP contribution in [0.15, 0.2) is 36.4 Å². The molecule has 106 valence electrons. The highest BCUT2D eigenvalue weighted by Crippen LogP contribution is 2.35. The molecular formula is C16H13ClN2O2. The van der Waals surface area contributed by atoms with E-state index in [4.69, 9.17) is 17.3 Å². The topological polar surface area (TPSA) is 63.4 Å². The van der Waals surface area contributed by atoms with E-state index in [2.05, 4.69) is 0 Å². The van der Waals surface area contributed by atoms with Crippen LogP contribution in [0.25, 0.3) is 0 Å². The van der Waals surface area contributed by atoms with Crippen LogP contribution < -0.4 is 5.73 Å². The minimum Gasteiger partial charge on any atom is -0.397 e. The molecule has 0 saturated heterocycles. The maximum absolute atomic E-state index is 12.5. The molecule has 0 saturated carbocycles. The Morgan fingerprint density at radius 1 is 1.10 bits per heavy atom. The van der Waals surface area contributed by atoms with Gasteiger partial charge in [-0.15, -0.1) is 0 Å². The van der Waals surface area contributed by atoms with E-state index < -0.39 is 0 Å². The Morgan fingerprint density at radius 3 is 2.38 bits per heavy atom. The van der Waals surface area contributed by atoms with E-state index in [-0.39, 0.29) is 29.6 Å². The van der Waals surface area contributed by atoms with Gasteiger partial charge in [0, 0.05) is 0 Å². The van der Waals surface area contributed by atoms with Crippen molar-refractivity contribution in [3.8, 4) is 0 Å². The Labute approximate surface area is 127 Å². The Kier molecular flexibility index (Phi) is 3.18. The average Bonchev–Trinajstić information content (AvgIpc) is 2.71. The molecule has 2 N–H and O–H groups in total. The molecule has 5 heteroatoms. The van der Waals surface area contributed by atoms with Gasteiger partial charge < -0.3 is 5.73 Å². The maximum atomic E-state index is 12.5. The largest absolute Gasteiger partial charge is 0.397 e. The number of benzene rings is 2. The van der Waals surface area contributed by atoms with Crippen LogP contribution in [-0.2, 0) is 6.54 Å². The Morgan fingerprint density at radius 2 is 1.71 bits per heavy atom. The van der Waals surface area contributed by atoms with Crippen LogP contribution in [0.5, 0.6) is 0 Å². The fraction of sp³-hybridized carbons (Fsp3) is 0.125. The van der Waals surface area contributed by atoms with Crippen molar-refractivity contribution in [1.29, 1.82) is 0 Å². The highest BCUT2D eigenvalue weighted by atomic mass is 35.5. The van der Waals surface area contributed by atoms with Gasteiger partial charge in [0.15, 0.2) is 0 Å². The fourth-order valence-electron chi connectivity index (χ4n) is 2.56. The van der Waals surface area contributed by atoms with Crippen molar-refractivity contribution in [2.45, 2.75) is 13.5 Å². The van der Waals surface area contributed by atoms with Gasteiger partial charge in [-0.2, -0.15) is 0 Å². The van der Waals surface area contributed by atoms with E-state index in [9.17, 15) is 9.59 Å². The van der Waals surface area contributed by atoms with E-state index in [0.717, 1.165) is 5.56 Å². The SMILES string of the molecule is Cc1cc(Cl)c(N)c2c1C(=O)N(Cc1ccccc1)C2=O. The van der Waals surface area contributed by atoms with Crippen LogP contribution in [0.4, 0.5) is 5.69 Å². The Hall–Kier alpha value is -2.33. The standard InChI is InChI=1S/C16H13ClN2O2/c1-9-7-11(17)14(18)13-12(9)15(20)19(16(13)21)8-10-5-3-2-4-6-10/h2-7H,8,18H2,1H3. The predicted molar refractivity (Wildman–Crippen MR) is 81.2 cm³/mol. The van der Waals surface area contributed by atoms with Gasteiger partial charge in [-0.25, -0.2) is 0 Å². The van der Waals surface area contributed by atoms with E-state index in [0.29, 0.717) is 16.1 Å². The Bertz CT molecular complexity index is 757. The summed E-state index contributed by atoms with van der Waals surface area (Å²) in [5, 5.41) is 0.300. The summed E-state index contributed by atoms with van der Waals surface area (Å²) >= 11 is 6.01. The third-order valence-corrected chi connectivity index (χ3v) is 3.93. The second-order valence-corrected chi connectivity index (χ2v) is 5.43. The number of imide groups is 1. The van der Waals surface area contributed by atoms with Gasteiger partial charge in [-0.05, 0) is 24.1 Å². The van der Waals surface area contributed by atoms with E-state index in [1.807, 2.05) is 30.3 Å². The number of aryl methyl sites for hydroxylation is 1. The van der Waals surface area contributed by atoms with Crippen LogP contribution in [-0.4, -0.2) is 16.7 Å². The van der Waals surface area contributed by atoms with Crippen molar-refractivity contribution < 1.29 is 9.59 Å². The lowest BCUT2D eigenvalue weighted by molar-refractivity contribution is 0.0642. The summed E-state index contributed by atoms with van der Waals surface area (Å²) in [5.41, 5.74) is 8.18. The number of hydrogen-bond acceptors (Lipinski definition) is 3. The number of hydrogen-bond donors (Lipinski definition) is 1. The lowest BCUT2D eigenvalue weighted by Gasteiger charge is -2.13. The zero-order chi connectivity index (χ0) is 15.1. The first-order valence-electron chi connectivity index (χ1n) is 6.49. The van der Waals surface area contributed by atoms with Gasteiger partial charge >= 0.3 is 0 Å². The molecule has 4 nitrogen and oxygen atoms in total. The minimum atomic E-state index is -0.387. The van der Waals surface area contributed by atoms with Crippen LogP contribution in [0, 0.1) is 6.92 Å². The Balaban J connectivity index is 2.05. The van der Waals surface area contributed by atoms with E-state index >= 15 is 0 Å². The molecule has 1 aliphatic rings. The summed E-state index contributed by atoms with van der Waals surface area (Å²) in [4.78, 5) is 26.2. The van der Waals surface area contributed by atoms with Gasteiger partial charge in [0.25, 0.3) is 11.8 Å². The van der Waals surface area contributed by atoms with Crippen molar-refractivity contribution in [1.82, 2.24) is 4.90 Å². The molecule has 0 spiro atoms. The fourth-order valence-corrected chi connectivity index (χ4v) is 2.82. The molecule has 0 unspecified atom stereocenters. The van der Waals surface area contributed by atoms with E-state index in [1.54, 1.807) is 13.0 Å². The number of nitrogen functional groups attached to an aromatic ring is 1. The molecule has 0 bridgehead atoms. The third kappa shape index (κ3) is 2.08. The number of nitrogens with two attached hydrogens (primary N) is 1. The number of rotatable bonds is 2. The molecule has 1 heterocycles. The van der Waals surface area contributed by atoms with Crippen LogP contribution in [0.2, 0.25) is 5.02 Å². The summed E-state index contributed by atoms with van der Waals surface area (Å²) in [6.45, 7) is 1.98. The summed E-state index contributed by atoms with van der Waals surface area (Å²) in [5.74, 6) is -0.707.